The van der Waals surface area contributed by atoms with E-state index in [1.807, 2.05) is 18.2 Å². The van der Waals surface area contributed by atoms with Crippen LogP contribution in [0.4, 0.5) is 11.4 Å². The second-order valence-electron chi connectivity index (χ2n) is 6.79. The minimum Gasteiger partial charge on any atom is -0.493 e. The lowest BCUT2D eigenvalue weighted by atomic mass is 10.0. The van der Waals surface area contributed by atoms with Crippen LogP contribution in [0.1, 0.15) is 22.3 Å². The average molecular weight is 414 g/mol. The number of carbonyl (C=O) groups is 2. The van der Waals surface area contributed by atoms with Crippen LogP contribution in [0, 0.1) is 0 Å². The molecule has 3 rings (SSSR count). The SMILES string of the molecule is COCC(=O)N1CCCc2ccc(NC(=O)c3cc(OC)c(OC)c(OC)c3)cc21. The van der Waals surface area contributed by atoms with Crippen LogP contribution in [0.5, 0.6) is 17.2 Å². The second-order valence-corrected chi connectivity index (χ2v) is 6.79. The maximum atomic E-state index is 12.9. The van der Waals surface area contributed by atoms with Gasteiger partial charge >= 0.3 is 0 Å². The molecule has 1 heterocycles. The van der Waals surface area contributed by atoms with E-state index in [1.54, 1.807) is 17.0 Å². The zero-order valence-corrected chi connectivity index (χ0v) is 17.6. The summed E-state index contributed by atoms with van der Waals surface area (Å²) in [5.41, 5.74) is 2.81. The number of hydrogen-bond donors (Lipinski definition) is 1. The summed E-state index contributed by atoms with van der Waals surface area (Å²) in [7, 11) is 5.99. The smallest absolute Gasteiger partial charge is 0.255 e. The van der Waals surface area contributed by atoms with Crippen molar-refractivity contribution in [3.05, 3.63) is 41.5 Å². The Hall–Kier alpha value is -3.26. The molecule has 0 radical (unpaired) electrons. The number of nitrogens with zero attached hydrogens (tertiary/aromatic N) is 1. The molecule has 0 spiro atoms. The predicted molar refractivity (Wildman–Crippen MR) is 113 cm³/mol. The quantitative estimate of drug-likeness (QED) is 0.750. The number of aryl methyl sites for hydroxylation is 1. The first-order valence-corrected chi connectivity index (χ1v) is 9.56. The van der Waals surface area contributed by atoms with Crippen molar-refractivity contribution in [3.63, 3.8) is 0 Å². The van der Waals surface area contributed by atoms with Crippen molar-refractivity contribution in [2.45, 2.75) is 12.8 Å². The molecule has 0 atom stereocenters. The van der Waals surface area contributed by atoms with Crippen LogP contribution in [0.3, 0.4) is 0 Å². The molecule has 1 aliphatic heterocycles. The van der Waals surface area contributed by atoms with Gasteiger partial charge in [-0.2, -0.15) is 0 Å². The summed E-state index contributed by atoms with van der Waals surface area (Å²) < 4.78 is 20.9. The Labute approximate surface area is 175 Å². The normalized spacial score (nSPS) is 12.7. The number of ether oxygens (including phenoxy) is 4. The average Bonchev–Trinajstić information content (AvgIpc) is 2.77. The zero-order chi connectivity index (χ0) is 21.7. The van der Waals surface area contributed by atoms with Crippen molar-refractivity contribution < 1.29 is 28.5 Å². The summed E-state index contributed by atoms with van der Waals surface area (Å²) in [6.45, 7) is 0.640. The summed E-state index contributed by atoms with van der Waals surface area (Å²) in [5.74, 6) is 0.761. The first kappa shape index (κ1) is 21.4. The number of rotatable bonds is 7. The molecule has 2 aromatic rings. The Morgan fingerprint density at radius 1 is 1.00 bits per heavy atom. The first-order chi connectivity index (χ1) is 14.5. The van der Waals surface area contributed by atoms with E-state index in [4.69, 9.17) is 18.9 Å². The van der Waals surface area contributed by atoms with Crippen LogP contribution in [-0.4, -0.2) is 53.4 Å². The molecule has 30 heavy (non-hydrogen) atoms. The summed E-state index contributed by atoms with van der Waals surface area (Å²) in [5, 5.41) is 2.88. The van der Waals surface area contributed by atoms with Crippen molar-refractivity contribution in [3.8, 4) is 17.2 Å². The van der Waals surface area contributed by atoms with Gasteiger partial charge in [0.05, 0.1) is 21.3 Å². The fourth-order valence-corrected chi connectivity index (χ4v) is 3.53. The molecular weight excluding hydrogens is 388 g/mol. The third kappa shape index (κ3) is 4.33. The molecule has 0 aliphatic carbocycles. The Bertz CT molecular complexity index is 918. The van der Waals surface area contributed by atoms with Crippen LogP contribution in [0.15, 0.2) is 30.3 Å². The van der Waals surface area contributed by atoms with Gasteiger partial charge in [-0.3, -0.25) is 9.59 Å². The lowest BCUT2D eigenvalue weighted by Crippen LogP contribution is -2.37. The molecule has 8 heteroatoms. The topological polar surface area (TPSA) is 86.3 Å². The highest BCUT2D eigenvalue weighted by atomic mass is 16.5. The second kappa shape index (κ2) is 9.49. The number of anilines is 2. The lowest BCUT2D eigenvalue weighted by Gasteiger charge is -2.30. The van der Waals surface area contributed by atoms with Crippen molar-refractivity contribution in [1.29, 1.82) is 0 Å². The van der Waals surface area contributed by atoms with Crippen LogP contribution >= 0.6 is 0 Å². The summed E-state index contributed by atoms with van der Waals surface area (Å²) >= 11 is 0. The molecule has 1 aliphatic rings. The van der Waals surface area contributed by atoms with Gasteiger partial charge in [0.2, 0.25) is 5.75 Å². The molecule has 160 valence electrons. The third-order valence-corrected chi connectivity index (χ3v) is 4.96. The number of hydrogen-bond acceptors (Lipinski definition) is 6. The third-order valence-electron chi connectivity index (χ3n) is 4.96. The first-order valence-electron chi connectivity index (χ1n) is 9.56. The maximum absolute atomic E-state index is 12.9. The van der Waals surface area contributed by atoms with Crippen LogP contribution in [-0.2, 0) is 16.0 Å². The van der Waals surface area contributed by atoms with E-state index in [9.17, 15) is 9.59 Å². The molecule has 2 aromatic carbocycles. The minimum absolute atomic E-state index is 0.0153. The summed E-state index contributed by atoms with van der Waals surface area (Å²) in [6, 6.07) is 8.76. The fourth-order valence-electron chi connectivity index (χ4n) is 3.53. The highest BCUT2D eigenvalue weighted by Gasteiger charge is 2.23. The number of fused-ring (bicyclic) bond motifs is 1. The van der Waals surface area contributed by atoms with E-state index >= 15 is 0 Å². The van der Waals surface area contributed by atoms with Gasteiger partial charge in [0.25, 0.3) is 11.8 Å². The molecule has 0 fully saturated rings. The van der Waals surface area contributed by atoms with E-state index in [1.165, 1.54) is 28.4 Å². The molecule has 0 saturated heterocycles. The summed E-state index contributed by atoms with van der Waals surface area (Å²) in [6.07, 6.45) is 1.77. The van der Waals surface area contributed by atoms with Crippen molar-refractivity contribution in [1.82, 2.24) is 0 Å². The van der Waals surface area contributed by atoms with E-state index < -0.39 is 0 Å². The minimum atomic E-state index is -0.334. The maximum Gasteiger partial charge on any atom is 0.255 e. The highest BCUT2D eigenvalue weighted by molar-refractivity contribution is 6.06. The van der Waals surface area contributed by atoms with E-state index in [0.29, 0.717) is 35.0 Å². The molecule has 1 N–H and O–H groups in total. The van der Waals surface area contributed by atoms with Gasteiger partial charge in [0, 0.05) is 30.6 Å². The molecule has 0 aromatic heterocycles. The van der Waals surface area contributed by atoms with Crippen LogP contribution < -0.4 is 24.4 Å². The Kier molecular flexibility index (Phi) is 6.79. The number of methoxy groups -OCH3 is 4. The van der Waals surface area contributed by atoms with Crippen LogP contribution in [0.25, 0.3) is 0 Å². The van der Waals surface area contributed by atoms with E-state index in [-0.39, 0.29) is 18.4 Å². The summed E-state index contributed by atoms with van der Waals surface area (Å²) in [4.78, 5) is 27.0. The standard InChI is InChI=1S/C22H26N2O6/c1-27-13-20(25)24-9-5-6-14-7-8-16(12-17(14)24)23-22(26)15-10-18(28-2)21(30-4)19(11-15)29-3/h7-8,10-12H,5-6,9,13H2,1-4H3,(H,23,26). The molecule has 0 unspecified atom stereocenters. The Morgan fingerprint density at radius 3 is 2.30 bits per heavy atom. The van der Waals surface area contributed by atoms with Crippen molar-refractivity contribution in [2.24, 2.45) is 0 Å². The number of benzene rings is 2. The molecule has 0 bridgehead atoms. The molecule has 8 nitrogen and oxygen atoms in total. The highest BCUT2D eigenvalue weighted by Crippen LogP contribution is 2.38. The Balaban J connectivity index is 1.88. The number of carbonyl (C=O) groups excluding carboxylic acids is 2. The zero-order valence-electron chi connectivity index (χ0n) is 17.6. The van der Waals surface area contributed by atoms with Gasteiger partial charge in [-0.15, -0.1) is 0 Å². The van der Waals surface area contributed by atoms with Gasteiger partial charge < -0.3 is 29.2 Å². The molecule has 2 amide bonds. The predicted octanol–water partition coefficient (Wildman–Crippen LogP) is 2.89. The van der Waals surface area contributed by atoms with Gasteiger partial charge in [0.15, 0.2) is 11.5 Å². The molecule has 0 saturated carbocycles. The molecular formula is C22H26N2O6. The van der Waals surface area contributed by atoms with Gasteiger partial charge in [-0.25, -0.2) is 0 Å². The lowest BCUT2D eigenvalue weighted by molar-refractivity contribution is -0.122. The van der Waals surface area contributed by atoms with E-state index in [0.717, 1.165) is 24.1 Å². The van der Waals surface area contributed by atoms with Gasteiger partial charge in [0.1, 0.15) is 6.61 Å². The van der Waals surface area contributed by atoms with Gasteiger partial charge in [-0.1, -0.05) is 6.07 Å². The fraction of sp³-hybridized carbons (Fsp3) is 0.364. The Morgan fingerprint density at radius 2 is 1.70 bits per heavy atom. The van der Waals surface area contributed by atoms with Crippen LogP contribution in [0.2, 0.25) is 0 Å². The number of nitrogens with one attached hydrogen (secondary N) is 1. The van der Waals surface area contributed by atoms with E-state index in [2.05, 4.69) is 5.32 Å². The van der Waals surface area contributed by atoms with Gasteiger partial charge in [-0.05, 0) is 42.7 Å². The largest absolute Gasteiger partial charge is 0.493 e. The van der Waals surface area contributed by atoms with Crippen molar-refractivity contribution >= 4 is 23.2 Å². The number of amides is 2. The van der Waals surface area contributed by atoms with Crippen molar-refractivity contribution in [2.75, 3.05) is 51.8 Å². The monoisotopic (exact) mass is 414 g/mol.